The second-order valence-electron chi connectivity index (χ2n) is 3.96. The van der Waals surface area contributed by atoms with Crippen molar-refractivity contribution in [2.75, 3.05) is 0 Å². The second kappa shape index (κ2) is 3.31. The van der Waals surface area contributed by atoms with Crippen LogP contribution in [0.15, 0.2) is 0 Å². The molecule has 0 aliphatic carbocycles. The third-order valence-electron chi connectivity index (χ3n) is 1.86. The highest BCUT2D eigenvalue weighted by Gasteiger charge is 2.20. The molecule has 0 unspecified atom stereocenters. The summed E-state index contributed by atoms with van der Waals surface area (Å²) in [5, 5.41) is 14.5. The number of hydrogen-bond acceptors (Lipinski definition) is 2. The first-order valence-corrected chi connectivity index (χ1v) is 4.59. The standard InChI is InChI=1S/C9H15ClN2O/c1-6-8(10)7(12(4)11-6)5-9(2,3)13/h13H,5H2,1-4H3. The fraction of sp³-hybridized carbons (Fsp3) is 0.667. The monoisotopic (exact) mass is 202 g/mol. The molecule has 0 aliphatic heterocycles. The van der Waals surface area contributed by atoms with Gasteiger partial charge in [-0.3, -0.25) is 4.68 Å². The Balaban J connectivity index is 3.01. The summed E-state index contributed by atoms with van der Waals surface area (Å²) in [7, 11) is 1.83. The molecule has 74 valence electrons. The zero-order valence-electron chi connectivity index (χ0n) is 8.43. The first kappa shape index (κ1) is 10.5. The van der Waals surface area contributed by atoms with Crippen LogP contribution in [0.2, 0.25) is 5.02 Å². The molecule has 0 spiro atoms. The number of aliphatic hydroxyl groups is 1. The van der Waals surface area contributed by atoms with E-state index in [1.807, 2.05) is 14.0 Å². The van der Waals surface area contributed by atoms with Crippen molar-refractivity contribution in [1.82, 2.24) is 9.78 Å². The van der Waals surface area contributed by atoms with Crippen molar-refractivity contribution in [2.45, 2.75) is 32.8 Å². The minimum atomic E-state index is -0.746. The highest BCUT2D eigenvalue weighted by molar-refractivity contribution is 6.31. The van der Waals surface area contributed by atoms with E-state index in [-0.39, 0.29) is 0 Å². The normalized spacial score (nSPS) is 12.2. The predicted octanol–water partition coefficient (Wildman–Crippen LogP) is 1.70. The maximum absolute atomic E-state index is 9.63. The lowest BCUT2D eigenvalue weighted by molar-refractivity contribution is 0.0789. The summed E-state index contributed by atoms with van der Waals surface area (Å²) in [6, 6.07) is 0. The lowest BCUT2D eigenvalue weighted by Crippen LogP contribution is -2.23. The van der Waals surface area contributed by atoms with Crippen molar-refractivity contribution >= 4 is 11.6 Å². The predicted molar refractivity (Wildman–Crippen MR) is 53.0 cm³/mol. The maximum Gasteiger partial charge on any atom is 0.0848 e. The van der Waals surface area contributed by atoms with Crippen LogP contribution >= 0.6 is 11.6 Å². The zero-order valence-corrected chi connectivity index (χ0v) is 9.18. The van der Waals surface area contributed by atoms with Gasteiger partial charge in [0.15, 0.2) is 0 Å². The first-order chi connectivity index (χ1) is 5.81. The molecule has 0 saturated heterocycles. The summed E-state index contributed by atoms with van der Waals surface area (Å²) in [5.41, 5.74) is 0.944. The number of hydrogen-bond donors (Lipinski definition) is 1. The van der Waals surface area contributed by atoms with Crippen molar-refractivity contribution in [3.05, 3.63) is 16.4 Å². The van der Waals surface area contributed by atoms with Crippen molar-refractivity contribution in [2.24, 2.45) is 7.05 Å². The average molecular weight is 203 g/mol. The molecule has 3 nitrogen and oxygen atoms in total. The molecule has 13 heavy (non-hydrogen) atoms. The molecule has 0 aromatic carbocycles. The summed E-state index contributed by atoms with van der Waals surface area (Å²) in [4.78, 5) is 0. The van der Waals surface area contributed by atoms with Crippen LogP contribution in [0, 0.1) is 6.92 Å². The molecule has 1 aromatic rings. The number of rotatable bonds is 2. The van der Waals surface area contributed by atoms with Crippen molar-refractivity contribution in [3.8, 4) is 0 Å². The van der Waals surface area contributed by atoms with Gasteiger partial charge >= 0.3 is 0 Å². The Kier molecular flexibility index (Phi) is 2.68. The molecule has 1 N–H and O–H groups in total. The molecule has 4 heteroatoms. The number of aromatic nitrogens is 2. The molecule has 1 heterocycles. The topological polar surface area (TPSA) is 38.0 Å². The van der Waals surface area contributed by atoms with E-state index in [9.17, 15) is 5.11 Å². The van der Waals surface area contributed by atoms with Crippen LogP contribution in [0.5, 0.6) is 0 Å². The Morgan fingerprint density at radius 3 is 2.38 bits per heavy atom. The quantitative estimate of drug-likeness (QED) is 0.793. The fourth-order valence-electron chi connectivity index (χ4n) is 1.28. The third-order valence-corrected chi connectivity index (χ3v) is 2.35. The zero-order chi connectivity index (χ0) is 10.2. The summed E-state index contributed by atoms with van der Waals surface area (Å²) < 4.78 is 1.72. The van der Waals surface area contributed by atoms with Gasteiger partial charge in [-0.2, -0.15) is 5.10 Å². The number of aryl methyl sites for hydroxylation is 2. The Labute approximate surface area is 83.3 Å². The Bertz CT molecular complexity index is 312. The van der Waals surface area contributed by atoms with Crippen LogP contribution in [0.4, 0.5) is 0 Å². The van der Waals surface area contributed by atoms with Gasteiger partial charge in [-0.05, 0) is 20.8 Å². The van der Waals surface area contributed by atoms with Crippen LogP contribution < -0.4 is 0 Å². The molecule has 0 aliphatic rings. The van der Waals surface area contributed by atoms with E-state index < -0.39 is 5.60 Å². The van der Waals surface area contributed by atoms with E-state index >= 15 is 0 Å². The largest absolute Gasteiger partial charge is 0.390 e. The SMILES string of the molecule is Cc1nn(C)c(CC(C)(C)O)c1Cl. The van der Waals surface area contributed by atoms with Gasteiger partial charge in [0.1, 0.15) is 0 Å². The van der Waals surface area contributed by atoms with Gasteiger partial charge < -0.3 is 5.11 Å². The van der Waals surface area contributed by atoms with E-state index in [2.05, 4.69) is 5.10 Å². The molecular weight excluding hydrogens is 188 g/mol. The maximum atomic E-state index is 9.63. The highest BCUT2D eigenvalue weighted by Crippen LogP contribution is 2.23. The molecule has 0 fully saturated rings. The number of halogens is 1. The third kappa shape index (κ3) is 2.45. The summed E-state index contributed by atoms with van der Waals surface area (Å²) in [6.07, 6.45) is 0.517. The highest BCUT2D eigenvalue weighted by atomic mass is 35.5. The first-order valence-electron chi connectivity index (χ1n) is 4.21. The van der Waals surface area contributed by atoms with Gasteiger partial charge in [0.25, 0.3) is 0 Å². The van der Waals surface area contributed by atoms with Crippen LogP contribution in [-0.4, -0.2) is 20.5 Å². The van der Waals surface area contributed by atoms with E-state index in [1.165, 1.54) is 0 Å². The van der Waals surface area contributed by atoms with Crippen molar-refractivity contribution < 1.29 is 5.11 Å². The lowest BCUT2D eigenvalue weighted by Gasteiger charge is -2.16. The van der Waals surface area contributed by atoms with Crippen LogP contribution in [0.25, 0.3) is 0 Å². The lowest BCUT2D eigenvalue weighted by atomic mass is 10.0. The van der Waals surface area contributed by atoms with Crippen LogP contribution in [0.1, 0.15) is 25.2 Å². The van der Waals surface area contributed by atoms with Gasteiger partial charge in [0, 0.05) is 13.5 Å². The molecule has 0 bridgehead atoms. The molecular formula is C9H15ClN2O. The minimum absolute atomic E-state index is 0.517. The summed E-state index contributed by atoms with van der Waals surface area (Å²) >= 11 is 6.03. The molecule has 0 amide bonds. The van der Waals surface area contributed by atoms with E-state index in [1.54, 1.807) is 18.5 Å². The molecule has 0 saturated carbocycles. The van der Waals surface area contributed by atoms with Gasteiger partial charge in [0.05, 0.1) is 22.0 Å². The van der Waals surface area contributed by atoms with Crippen LogP contribution in [-0.2, 0) is 13.5 Å². The Morgan fingerprint density at radius 2 is 2.08 bits per heavy atom. The minimum Gasteiger partial charge on any atom is -0.390 e. The molecule has 0 radical (unpaired) electrons. The van der Waals surface area contributed by atoms with E-state index in [4.69, 9.17) is 11.6 Å². The molecule has 1 aromatic heterocycles. The summed E-state index contributed by atoms with van der Waals surface area (Å²) in [6.45, 7) is 5.37. The average Bonchev–Trinajstić information content (AvgIpc) is 2.14. The van der Waals surface area contributed by atoms with E-state index in [0.717, 1.165) is 11.4 Å². The Morgan fingerprint density at radius 1 is 1.54 bits per heavy atom. The molecule has 0 atom stereocenters. The van der Waals surface area contributed by atoms with Gasteiger partial charge in [-0.25, -0.2) is 0 Å². The van der Waals surface area contributed by atoms with Gasteiger partial charge in [-0.15, -0.1) is 0 Å². The molecule has 1 rings (SSSR count). The smallest absolute Gasteiger partial charge is 0.0848 e. The second-order valence-corrected chi connectivity index (χ2v) is 4.34. The van der Waals surface area contributed by atoms with Gasteiger partial charge in [0.2, 0.25) is 0 Å². The fourth-order valence-corrected chi connectivity index (χ4v) is 1.51. The Hall–Kier alpha value is -0.540. The van der Waals surface area contributed by atoms with Gasteiger partial charge in [-0.1, -0.05) is 11.6 Å². The van der Waals surface area contributed by atoms with E-state index in [0.29, 0.717) is 11.4 Å². The van der Waals surface area contributed by atoms with Crippen molar-refractivity contribution in [3.63, 3.8) is 0 Å². The summed E-state index contributed by atoms with van der Waals surface area (Å²) in [5.74, 6) is 0. The van der Waals surface area contributed by atoms with Crippen LogP contribution in [0.3, 0.4) is 0 Å². The van der Waals surface area contributed by atoms with Crippen molar-refractivity contribution in [1.29, 1.82) is 0 Å². The number of nitrogens with zero attached hydrogens (tertiary/aromatic N) is 2.